The number of nitrogens with one attached hydrogen (secondary N) is 2. The molecule has 25 heavy (non-hydrogen) atoms. The van der Waals surface area contributed by atoms with E-state index >= 15 is 0 Å². The Balaban J connectivity index is 1.80. The van der Waals surface area contributed by atoms with Crippen LogP contribution in [0, 0.1) is 34.6 Å². The molecule has 2 heterocycles. The van der Waals surface area contributed by atoms with Gasteiger partial charge in [-0.05, 0) is 58.7 Å². The lowest BCUT2D eigenvalue weighted by Gasteiger charge is -2.14. The fourth-order valence-electron chi connectivity index (χ4n) is 3.38. The number of benzene rings is 1. The molecule has 0 aliphatic rings. The van der Waals surface area contributed by atoms with Gasteiger partial charge in [0, 0.05) is 17.4 Å². The maximum Gasteiger partial charge on any atom is 0.268 e. The highest BCUT2D eigenvalue weighted by atomic mass is 16.1. The second-order valence-corrected chi connectivity index (χ2v) is 6.84. The molecule has 0 radical (unpaired) electrons. The summed E-state index contributed by atoms with van der Waals surface area (Å²) in [6.45, 7) is 12.4. The third-order valence-electron chi connectivity index (χ3n) is 4.62. The summed E-state index contributed by atoms with van der Waals surface area (Å²) in [4.78, 5) is 20.3. The number of hydrogen-bond donors (Lipinski definition) is 2. The van der Waals surface area contributed by atoms with Crippen LogP contribution in [0.1, 0.15) is 51.8 Å². The van der Waals surface area contributed by atoms with Gasteiger partial charge in [0.15, 0.2) is 0 Å². The molecule has 2 N–H and O–H groups in total. The summed E-state index contributed by atoms with van der Waals surface area (Å²) < 4.78 is 1.85. The molecule has 6 nitrogen and oxygen atoms in total. The summed E-state index contributed by atoms with van der Waals surface area (Å²) in [6.07, 6.45) is 0. The molecule has 0 bridgehead atoms. The Morgan fingerprint density at radius 3 is 2.60 bits per heavy atom. The second-order valence-electron chi connectivity index (χ2n) is 6.84. The molecule has 0 saturated carbocycles. The Morgan fingerprint density at radius 1 is 1.24 bits per heavy atom. The monoisotopic (exact) mass is 339 g/mol. The van der Waals surface area contributed by atoms with Gasteiger partial charge in [0.1, 0.15) is 17.3 Å². The number of aromatic nitrogens is 4. The Labute approximate surface area is 147 Å². The number of nitrogens with zero attached hydrogens (tertiary/aromatic N) is 3. The van der Waals surface area contributed by atoms with E-state index in [4.69, 9.17) is 0 Å². The first-order valence-corrected chi connectivity index (χ1v) is 8.55. The Morgan fingerprint density at radius 2 is 1.96 bits per heavy atom. The number of rotatable bonds is 4. The number of carbonyl (C=O) groups excluding carboxylic acids is 1. The van der Waals surface area contributed by atoms with Crippen LogP contribution in [-0.4, -0.2) is 32.2 Å². The Hall–Kier alpha value is -2.63. The first-order valence-electron chi connectivity index (χ1n) is 8.55. The van der Waals surface area contributed by atoms with Gasteiger partial charge in [0.25, 0.3) is 5.91 Å². The molecule has 0 fully saturated rings. The van der Waals surface area contributed by atoms with Crippen LogP contribution in [0.2, 0.25) is 0 Å². The van der Waals surface area contributed by atoms with Crippen molar-refractivity contribution in [3.63, 3.8) is 0 Å². The van der Waals surface area contributed by atoms with Crippen LogP contribution in [0.4, 0.5) is 0 Å². The minimum absolute atomic E-state index is 0.0406. The predicted octanol–water partition coefficient (Wildman–Crippen LogP) is 3.29. The van der Waals surface area contributed by atoms with Gasteiger partial charge in [-0.1, -0.05) is 11.6 Å². The van der Waals surface area contributed by atoms with Crippen LogP contribution >= 0.6 is 0 Å². The lowest BCUT2D eigenvalue weighted by molar-refractivity contribution is 0.0943. The number of carbonyl (C=O) groups is 1. The van der Waals surface area contributed by atoms with E-state index in [1.54, 1.807) is 0 Å². The molecule has 2 aromatic heterocycles. The predicted molar refractivity (Wildman–Crippen MR) is 99.0 cm³/mol. The summed E-state index contributed by atoms with van der Waals surface area (Å²) in [6, 6.07) is 4.28. The molecular formula is C19H25N5O. The van der Waals surface area contributed by atoms with Gasteiger partial charge in [-0.2, -0.15) is 5.10 Å². The van der Waals surface area contributed by atoms with Crippen LogP contribution in [0.3, 0.4) is 0 Å². The van der Waals surface area contributed by atoms with E-state index in [1.165, 1.54) is 5.56 Å². The van der Waals surface area contributed by atoms with Crippen molar-refractivity contribution in [1.82, 2.24) is 25.1 Å². The third kappa shape index (κ3) is 3.16. The summed E-state index contributed by atoms with van der Waals surface area (Å²) >= 11 is 0. The quantitative estimate of drug-likeness (QED) is 0.766. The number of amides is 1. The van der Waals surface area contributed by atoms with Gasteiger partial charge in [0.05, 0.1) is 6.04 Å². The Kier molecular flexibility index (Phi) is 4.37. The topological polar surface area (TPSA) is 75.6 Å². The zero-order chi connectivity index (χ0) is 18.3. The molecule has 3 aromatic rings. The molecule has 0 aliphatic carbocycles. The van der Waals surface area contributed by atoms with Crippen molar-refractivity contribution in [3.05, 3.63) is 46.2 Å². The molecule has 1 amide bonds. The third-order valence-corrected chi connectivity index (χ3v) is 4.62. The van der Waals surface area contributed by atoms with Crippen molar-refractivity contribution in [1.29, 1.82) is 0 Å². The average molecular weight is 339 g/mol. The lowest BCUT2D eigenvalue weighted by Crippen LogP contribution is -2.31. The molecular weight excluding hydrogens is 314 g/mol. The standard InChI is InChI=1S/C19H25N5O/c1-10-7-11(2)17-16(8-10)13(4)18(22-17)19(25)20-9-12(3)24-15(6)21-14(5)23-24/h7-8,12,22H,9H2,1-6H3,(H,20,25)/t12-/m0/s1. The normalized spacial score (nSPS) is 12.6. The van der Waals surface area contributed by atoms with Gasteiger partial charge in [-0.3, -0.25) is 4.79 Å². The van der Waals surface area contributed by atoms with Crippen LogP contribution in [0.25, 0.3) is 10.9 Å². The van der Waals surface area contributed by atoms with Gasteiger partial charge < -0.3 is 10.3 Å². The number of fused-ring (bicyclic) bond motifs is 1. The minimum atomic E-state index is -0.0907. The summed E-state index contributed by atoms with van der Waals surface area (Å²) in [5.74, 6) is 1.51. The largest absolute Gasteiger partial charge is 0.350 e. The smallest absolute Gasteiger partial charge is 0.268 e. The van der Waals surface area contributed by atoms with E-state index in [0.29, 0.717) is 12.2 Å². The van der Waals surface area contributed by atoms with Crippen molar-refractivity contribution in [2.75, 3.05) is 6.54 Å². The number of aryl methyl sites for hydroxylation is 5. The highest BCUT2D eigenvalue weighted by Crippen LogP contribution is 2.26. The minimum Gasteiger partial charge on any atom is -0.350 e. The van der Waals surface area contributed by atoms with Crippen molar-refractivity contribution < 1.29 is 4.79 Å². The number of H-pyrrole nitrogens is 1. The molecule has 132 valence electrons. The van der Waals surface area contributed by atoms with E-state index in [-0.39, 0.29) is 11.9 Å². The fourth-order valence-corrected chi connectivity index (χ4v) is 3.38. The zero-order valence-corrected chi connectivity index (χ0v) is 15.7. The lowest BCUT2D eigenvalue weighted by atomic mass is 10.1. The molecule has 0 spiro atoms. The van der Waals surface area contributed by atoms with Gasteiger partial charge >= 0.3 is 0 Å². The van der Waals surface area contributed by atoms with E-state index in [9.17, 15) is 4.79 Å². The van der Waals surface area contributed by atoms with Crippen LogP contribution in [0.5, 0.6) is 0 Å². The summed E-state index contributed by atoms with van der Waals surface area (Å²) in [5, 5.41) is 8.50. The van der Waals surface area contributed by atoms with E-state index in [1.807, 2.05) is 32.4 Å². The van der Waals surface area contributed by atoms with Crippen LogP contribution < -0.4 is 5.32 Å². The van der Waals surface area contributed by atoms with Crippen molar-refractivity contribution in [3.8, 4) is 0 Å². The van der Waals surface area contributed by atoms with Gasteiger partial charge in [-0.15, -0.1) is 0 Å². The molecule has 3 rings (SSSR count). The zero-order valence-electron chi connectivity index (χ0n) is 15.7. The number of aromatic amines is 1. The maximum absolute atomic E-state index is 12.7. The highest BCUT2D eigenvalue weighted by Gasteiger charge is 2.18. The molecule has 1 atom stereocenters. The van der Waals surface area contributed by atoms with E-state index in [0.717, 1.165) is 33.7 Å². The van der Waals surface area contributed by atoms with Gasteiger partial charge in [0.2, 0.25) is 0 Å². The first kappa shape index (κ1) is 17.2. The van der Waals surface area contributed by atoms with E-state index < -0.39 is 0 Å². The van der Waals surface area contributed by atoms with Crippen molar-refractivity contribution in [2.24, 2.45) is 0 Å². The SMILES string of the molecule is Cc1cc(C)c2[nH]c(C(=O)NC[C@H](C)n3nc(C)nc3C)c(C)c2c1. The van der Waals surface area contributed by atoms with Crippen molar-refractivity contribution in [2.45, 2.75) is 47.6 Å². The first-order chi connectivity index (χ1) is 11.8. The fraction of sp³-hybridized carbons (Fsp3) is 0.421. The van der Waals surface area contributed by atoms with Crippen LogP contribution in [0.15, 0.2) is 12.1 Å². The second kappa shape index (κ2) is 6.35. The maximum atomic E-state index is 12.7. The summed E-state index contributed by atoms with van der Waals surface area (Å²) in [7, 11) is 0. The highest BCUT2D eigenvalue weighted by molar-refractivity contribution is 6.01. The van der Waals surface area contributed by atoms with E-state index in [2.05, 4.69) is 46.4 Å². The summed E-state index contributed by atoms with van der Waals surface area (Å²) in [5.41, 5.74) is 5.00. The molecule has 1 aromatic carbocycles. The molecule has 6 heteroatoms. The van der Waals surface area contributed by atoms with Crippen LogP contribution in [-0.2, 0) is 0 Å². The molecule has 0 aliphatic heterocycles. The van der Waals surface area contributed by atoms with Crippen molar-refractivity contribution >= 4 is 16.8 Å². The van der Waals surface area contributed by atoms with Gasteiger partial charge in [-0.25, -0.2) is 9.67 Å². The average Bonchev–Trinajstić information content (AvgIpc) is 3.05. The molecule has 0 saturated heterocycles. The number of hydrogen-bond acceptors (Lipinski definition) is 3. The Bertz CT molecular complexity index is 951. The molecule has 0 unspecified atom stereocenters.